The van der Waals surface area contributed by atoms with Crippen LogP contribution in [0.1, 0.15) is 12.8 Å². The van der Waals surface area contributed by atoms with Crippen molar-refractivity contribution in [3.63, 3.8) is 0 Å². The van der Waals surface area contributed by atoms with E-state index in [9.17, 15) is 4.79 Å². The van der Waals surface area contributed by atoms with Gasteiger partial charge in [0.15, 0.2) is 6.10 Å². The smallest absolute Gasteiger partial charge is 0.345 e. The zero-order chi connectivity index (χ0) is 12.6. The van der Waals surface area contributed by atoms with Gasteiger partial charge in [-0.3, -0.25) is 0 Å². The number of carboxylic acid groups (broad SMARTS) is 1. The van der Waals surface area contributed by atoms with E-state index in [0.29, 0.717) is 5.02 Å². The van der Waals surface area contributed by atoms with Crippen molar-refractivity contribution in [2.24, 2.45) is 5.92 Å². The number of hydrogen-bond donors (Lipinski definition) is 1. The predicted octanol–water partition coefficient (Wildman–Crippen LogP) is 3.89. The summed E-state index contributed by atoms with van der Waals surface area (Å²) in [5.74, 6) is -0.687. The number of benzene rings is 1. The van der Waals surface area contributed by atoms with Gasteiger partial charge in [-0.15, -0.1) is 0 Å². The number of ether oxygens (including phenoxy) is 1. The van der Waals surface area contributed by atoms with E-state index >= 15 is 0 Å². The van der Waals surface area contributed by atoms with Gasteiger partial charge in [-0.25, -0.2) is 4.79 Å². The second-order valence-electron chi connectivity index (χ2n) is 3.91. The summed E-state index contributed by atoms with van der Waals surface area (Å²) in [5, 5.41) is 9.88. The monoisotopic (exact) mass is 294 g/mol. The van der Waals surface area contributed by atoms with Crippen molar-refractivity contribution in [1.82, 2.24) is 0 Å². The van der Waals surface area contributed by atoms with Crippen molar-refractivity contribution >= 4 is 40.8 Å². The number of hydrogen-bond acceptors (Lipinski definition) is 2. The molecule has 0 amide bonds. The predicted molar refractivity (Wildman–Crippen MR) is 66.2 cm³/mol. The van der Waals surface area contributed by atoms with Crippen molar-refractivity contribution in [2.75, 3.05) is 0 Å². The molecule has 0 bridgehead atoms. The number of rotatable bonds is 4. The average molecular weight is 296 g/mol. The maximum atomic E-state index is 11.0. The lowest BCUT2D eigenvalue weighted by Crippen LogP contribution is -2.29. The van der Waals surface area contributed by atoms with Crippen LogP contribution in [0, 0.1) is 5.92 Å². The van der Waals surface area contributed by atoms with Crippen LogP contribution in [0.25, 0.3) is 0 Å². The van der Waals surface area contributed by atoms with E-state index in [2.05, 4.69) is 0 Å². The van der Waals surface area contributed by atoms with Crippen molar-refractivity contribution in [1.29, 1.82) is 0 Å². The lowest BCUT2D eigenvalue weighted by molar-refractivity contribution is -0.146. The molecule has 2 rings (SSSR count). The molecule has 6 heteroatoms. The number of carboxylic acids is 1. The van der Waals surface area contributed by atoms with Gasteiger partial charge in [0.25, 0.3) is 0 Å². The Morgan fingerprint density at radius 3 is 2.35 bits per heavy atom. The van der Waals surface area contributed by atoms with E-state index in [-0.39, 0.29) is 21.7 Å². The normalized spacial score (nSPS) is 16.6. The highest BCUT2D eigenvalue weighted by molar-refractivity contribution is 6.43. The number of aliphatic carboxylic acids is 1. The highest BCUT2D eigenvalue weighted by Gasteiger charge is 2.38. The van der Waals surface area contributed by atoms with Gasteiger partial charge < -0.3 is 9.84 Å². The summed E-state index contributed by atoms with van der Waals surface area (Å²) >= 11 is 17.5. The first-order valence-corrected chi connectivity index (χ1v) is 6.16. The molecule has 3 nitrogen and oxygen atoms in total. The molecule has 1 aromatic carbocycles. The number of carbonyl (C=O) groups is 1. The molecule has 0 spiro atoms. The summed E-state index contributed by atoms with van der Waals surface area (Å²) in [6.45, 7) is 0. The van der Waals surface area contributed by atoms with Crippen LogP contribution in [0.5, 0.6) is 5.75 Å². The van der Waals surface area contributed by atoms with E-state index in [0.717, 1.165) is 12.8 Å². The summed E-state index contributed by atoms with van der Waals surface area (Å²) in [6.07, 6.45) is 0.843. The Bertz CT molecular complexity index is 458. The Morgan fingerprint density at radius 2 is 1.82 bits per heavy atom. The molecule has 1 fully saturated rings. The van der Waals surface area contributed by atoms with Gasteiger partial charge in [0, 0.05) is 12.0 Å². The standard InChI is InChI=1S/C11H9Cl3O3/c12-6-3-8(14)9(4-7(6)13)17-10(11(15)16)5-1-2-5/h3-5,10H,1-2H2,(H,15,16). The molecule has 1 aliphatic carbocycles. The molecule has 1 aliphatic rings. The minimum absolute atomic E-state index is 0.0537. The van der Waals surface area contributed by atoms with Gasteiger partial charge in [0.2, 0.25) is 0 Å². The maximum absolute atomic E-state index is 11.0. The van der Waals surface area contributed by atoms with Crippen LogP contribution in [0.2, 0.25) is 15.1 Å². The Balaban J connectivity index is 2.22. The largest absolute Gasteiger partial charge is 0.478 e. The average Bonchev–Trinajstić information content (AvgIpc) is 3.04. The van der Waals surface area contributed by atoms with Gasteiger partial charge in [0.1, 0.15) is 5.75 Å². The fourth-order valence-corrected chi connectivity index (χ4v) is 2.06. The Hall–Kier alpha value is -0.640. The van der Waals surface area contributed by atoms with Crippen LogP contribution in [-0.2, 0) is 4.79 Å². The van der Waals surface area contributed by atoms with E-state index in [1.165, 1.54) is 12.1 Å². The fraction of sp³-hybridized carbons (Fsp3) is 0.364. The van der Waals surface area contributed by atoms with Gasteiger partial charge >= 0.3 is 5.97 Å². The zero-order valence-electron chi connectivity index (χ0n) is 8.62. The van der Waals surface area contributed by atoms with Crippen LogP contribution in [-0.4, -0.2) is 17.2 Å². The summed E-state index contributed by atoms with van der Waals surface area (Å²) in [4.78, 5) is 11.0. The van der Waals surface area contributed by atoms with Gasteiger partial charge in [-0.05, 0) is 18.9 Å². The Morgan fingerprint density at radius 1 is 1.24 bits per heavy atom. The number of halogens is 3. The first kappa shape index (κ1) is 12.8. The minimum atomic E-state index is -0.991. The van der Waals surface area contributed by atoms with Crippen LogP contribution in [0.3, 0.4) is 0 Å². The van der Waals surface area contributed by atoms with Gasteiger partial charge in [-0.1, -0.05) is 34.8 Å². The molecule has 0 heterocycles. The van der Waals surface area contributed by atoms with Crippen LogP contribution < -0.4 is 4.74 Å². The molecule has 1 aromatic rings. The zero-order valence-corrected chi connectivity index (χ0v) is 10.9. The summed E-state index contributed by atoms with van der Waals surface area (Å²) in [5.41, 5.74) is 0. The molecule has 1 unspecified atom stereocenters. The third kappa shape index (κ3) is 2.97. The second-order valence-corrected chi connectivity index (χ2v) is 5.13. The van der Waals surface area contributed by atoms with Crippen molar-refractivity contribution < 1.29 is 14.6 Å². The molecular weight excluding hydrogens is 286 g/mol. The molecule has 17 heavy (non-hydrogen) atoms. The Labute approximate surface area is 113 Å². The summed E-state index contributed by atoms with van der Waals surface area (Å²) < 4.78 is 5.39. The lowest BCUT2D eigenvalue weighted by atomic mass is 10.2. The van der Waals surface area contributed by atoms with Crippen LogP contribution >= 0.6 is 34.8 Å². The quantitative estimate of drug-likeness (QED) is 0.857. The molecule has 1 saturated carbocycles. The molecule has 0 saturated heterocycles. The molecule has 0 aliphatic heterocycles. The third-order valence-corrected chi connectivity index (χ3v) is 3.54. The molecule has 0 radical (unpaired) electrons. The maximum Gasteiger partial charge on any atom is 0.345 e. The molecular formula is C11H9Cl3O3. The molecule has 92 valence electrons. The van der Waals surface area contributed by atoms with E-state index in [1.54, 1.807) is 0 Å². The highest BCUT2D eigenvalue weighted by atomic mass is 35.5. The van der Waals surface area contributed by atoms with Crippen molar-refractivity contribution in [3.8, 4) is 5.75 Å². The van der Waals surface area contributed by atoms with Crippen LogP contribution in [0.15, 0.2) is 12.1 Å². The SMILES string of the molecule is O=C(O)C(Oc1cc(Cl)c(Cl)cc1Cl)C1CC1. The third-order valence-electron chi connectivity index (χ3n) is 2.52. The van der Waals surface area contributed by atoms with Crippen molar-refractivity contribution in [2.45, 2.75) is 18.9 Å². The van der Waals surface area contributed by atoms with Crippen LogP contribution in [0.4, 0.5) is 0 Å². The first-order valence-electron chi connectivity index (χ1n) is 5.03. The minimum Gasteiger partial charge on any atom is -0.478 e. The topological polar surface area (TPSA) is 46.5 Å². The summed E-state index contributed by atoms with van der Waals surface area (Å²) in [7, 11) is 0. The molecule has 1 N–H and O–H groups in total. The van der Waals surface area contributed by atoms with E-state index in [1.807, 2.05) is 0 Å². The second kappa shape index (κ2) is 4.92. The lowest BCUT2D eigenvalue weighted by Gasteiger charge is -2.15. The summed E-state index contributed by atoms with van der Waals surface area (Å²) in [6, 6.07) is 2.87. The Kier molecular flexibility index (Phi) is 3.71. The molecule has 1 atom stereocenters. The van der Waals surface area contributed by atoms with E-state index in [4.69, 9.17) is 44.6 Å². The van der Waals surface area contributed by atoms with E-state index < -0.39 is 12.1 Å². The van der Waals surface area contributed by atoms with Gasteiger partial charge in [0.05, 0.1) is 15.1 Å². The molecule has 0 aromatic heterocycles. The highest BCUT2D eigenvalue weighted by Crippen LogP contribution is 2.39. The first-order chi connectivity index (χ1) is 7.99. The fourth-order valence-electron chi connectivity index (χ4n) is 1.48. The van der Waals surface area contributed by atoms with Gasteiger partial charge in [-0.2, -0.15) is 0 Å². The van der Waals surface area contributed by atoms with Crippen molar-refractivity contribution in [3.05, 3.63) is 27.2 Å².